The van der Waals surface area contributed by atoms with Crippen molar-refractivity contribution in [1.29, 1.82) is 0 Å². The molecule has 0 aliphatic heterocycles. The Kier molecular flexibility index (Phi) is 5.14. The summed E-state index contributed by atoms with van der Waals surface area (Å²) in [6.07, 6.45) is 3.47. The van der Waals surface area contributed by atoms with E-state index in [-0.39, 0.29) is 6.04 Å². The zero-order chi connectivity index (χ0) is 15.2. The molecular formula is C16H21N3O2. The second-order valence-electron chi connectivity index (χ2n) is 4.72. The molecule has 0 bridgehead atoms. The highest BCUT2D eigenvalue weighted by Gasteiger charge is 2.15. The summed E-state index contributed by atoms with van der Waals surface area (Å²) >= 11 is 0. The number of pyridine rings is 1. The van der Waals surface area contributed by atoms with Crippen LogP contribution in [0.2, 0.25) is 0 Å². The fourth-order valence-electron chi connectivity index (χ4n) is 2.24. The number of benzene rings is 1. The van der Waals surface area contributed by atoms with Crippen LogP contribution in [0.5, 0.6) is 11.5 Å². The van der Waals surface area contributed by atoms with E-state index < -0.39 is 0 Å². The van der Waals surface area contributed by atoms with Gasteiger partial charge in [0.15, 0.2) is 0 Å². The summed E-state index contributed by atoms with van der Waals surface area (Å²) in [6, 6.07) is 7.78. The van der Waals surface area contributed by atoms with Gasteiger partial charge in [0, 0.05) is 6.20 Å². The molecule has 3 N–H and O–H groups in total. The van der Waals surface area contributed by atoms with Crippen LogP contribution in [0.3, 0.4) is 0 Å². The van der Waals surface area contributed by atoms with Crippen LogP contribution in [0, 0.1) is 6.92 Å². The summed E-state index contributed by atoms with van der Waals surface area (Å²) in [5.41, 5.74) is 5.85. The Morgan fingerprint density at radius 2 is 2.05 bits per heavy atom. The van der Waals surface area contributed by atoms with Gasteiger partial charge in [0.25, 0.3) is 0 Å². The predicted molar refractivity (Wildman–Crippen MR) is 82.3 cm³/mol. The molecule has 5 nitrogen and oxygen atoms in total. The van der Waals surface area contributed by atoms with Gasteiger partial charge in [-0.3, -0.25) is 10.8 Å². The van der Waals surface area contributed by atoms with Crippen molar-refractivity contribution in [3.05, 3.63) is 53.3 Å². The lowest BCUT2D eigenvalue weighted by atomic mass is 9.99. The van der Waals surface area contributed by atoms with Crippen LogP contribution < -0.4 is 20.7 Å². The number of nitrogens with one attached hydrogen (secondary N) is 1. The molecule has 0 spiro atoms. The average molecular weight is 287 g/mol. The number of hydrogen-bond acceptors (Lipinski definition) is 5. The van der Waals surface area contributed by atoms with Gasteiger partial charge in [-0.1, -0.05) is 12.1 Å². The lowest BCUT2D eigenvalue weighted by Crippen LogP contribution is -2.29. The maximum Gasteiger partial charge on any atom is 0.137 e. The van der Waals surface area contributed by atoms with E-state index in [9.17, 15) is 0 Å². The highest BCUT2D eigenvalue weighted by molar-refractivity contribution is 5.41. The summed E-state index contributed by atoms with van der Waals surface area (Å²) in [6.45, 7) is 4.55. The van der Waals surface area contributed by atoms with Gasteiger partial charge in [-0.2, -0.15) is 0 Å². The van der Waals surface area contributed by atoms with Crippen LogP contribution >= 0.6 is 0 Å². The first-order valence-corrected chi connectivity index (χ1v) is 6.88. The summed E-state index contributed by atoms with van der Waals surface area (Å²) in [7, 11) is 1.66. The molecule has 21 heavy (non-hydrogen) atoms. The second-order valence-corrected chi connectivity index (χ2v) is 4.72. The van der Waals surface area contributed by atoms with Gasteiger partial charge < -0.3 is 9.47 Å². The molecule has 112 valence electrons. The maximum absolute atomic E-state index is 5.73. The number of methoxy groups -OCH3 is 1. The largest absolute Gasteiger partial charge is 0.496 e. The molecule has 1 unspecified atom stereocenters. The minimum Gasteiger partial charge on any atom is -0.496 e. The van der Waals surface area contributed by atoms with E-state index in [0.717, 1.165) is 28.2 Å². The Labute approximate surface area is 125 Å². The van der Waals surface area contributed by atoms with E-state index in [4.69, 9.17) is 15.3 Å². The average Bonchev–Trinajstić information content (AvgIpc) is 2.50. The third-order valence-corrected chi connectivity index (χ3v) is 3.31. The molecule has 0 amide bonds. The number of ether oxygens (including phenoxy) is 2. The van der Waals surface area contributed by atoms with Crippen LogP contribution in [0.1, 0.15) is 29.7 Å². The molecular weight excluding hydrogens is 266 g/mol. The number of hydrazine groups is 1. The van der Waals surface area contributed by atoms with Crippen molar-refractivity contribution in [3.8, 4) is 11.5 Å². The Bertz CT molecular complexity index is 602. The summed E-state index contributed by atoms with van der Waals surface area (Å²) in [5.74, 6) is 7.30. The van der Waals surface area contributed by atoms with E-state index in [1.165, 1.54) is 0 Å². The summed E-state index contributed by atoms with van der Waals surface area (Å²) < 4.78 is 10.9. The first kappa shape index (κ1) is 15.3. The third-order valence-electron chi connectivity index (χ3n) is 3.31. The van der Waals surface area contributed by atoms with E-state index in [2.05, 4.69) is 10.4 Å². The van der Waals surface area contributed by atoms with E-state index in [1.54, 1.807) is 19.5 Å². The van der Waals surface area contributed by atoms with Gasteiger partial charge in [-0.05, 0) is 42.7 Å². The highest BCUT2D eigenvalue weighted by Crippen LogP contribution is 2.28. The standard InChI is InChI=1S/C16H21N3O2/c1-4-21-14-7-13(9-18-10-14)16(19-17)12-6-5-11(2)15(8-12)20-3/h5-10,16,19H,4,17H2,1-3H3. The summed E-state index contributed by atoms with van der Waals surface area (Å²) in [4.78, 5) is 4.21. The van der Waals surface area contributed by atoms with Gasteiger partial charge >= 0.3 is 0 Å². The monoisotopic (exact) mass is 287 g/mol. The first-order valence-electron chi connectivity index (χ1n) is 6.88. The van der Waals surface area contributed by atoms with E-state index in [0.29, 0.717) is 6.61 Å². The van der Waals surface area contributed by atoms with Crippen LogP contribution in [0.25, 0.3) is 0 Å². The third kappa shape index (κ3) is 3.51. The quantitative estimate of drug-likeness (QED) is 0.630. The molecule has 1 heterocycles. The molecule has 1 aromatic heterocycles. The van der Waals surface area contributed by atoms with Crippen molar-refractivity contribution in [2.24, 2.45) is 5.84 Å². The van der Waals surface area contributed by atoms with Crippen molar-refractivity contribution in [3.63, 3.8) is 0 Å². The van der Waals surface area contributed by atoms with Gasteiger partial charge in [0.1, 0.15) is 11.5 Å². The molecule has 0 saturated heterocycles. The van der Waals surface area contributed by atoms with Crippen molar-refractivity contribution in [2.75, 3.05) is 13.7 Å². The molecule has 0 saturated carbocycles. The topological polar surface area (TPSA) is 69.4 Å². The highest BCUT2D eigenvalue weighted by atomic mass is 16.5. The number of nitrogens with zero attached hydrogens (tertiary/aromatic N) is 1. The smallest absolute Gasteiger partial charge is 0.137 e. The van der Waals surface area contributed by atoms with Gasteiger partial charge in [-0.25, -0.2) is 5.43 Å². The normalized spacial score (nSPS) is 12.0. The van der Waals surface area contributed by atoms with Crippen molar-refractivity contribution >= 4 is 0 Å². The van der Waals surface area contributed by atoms with Crippen LogP contribution in [0.15, 0.2) is 36.7 Å². The molecule has 0 radical (unpaired) electrons. The predicted octanol–water partition coefficient (Wildman–Crippen LogP) is 2.35. The van der Waals surface area contributed by atoms with Crippen LogP contribution in [-0.2, 0) is 0 Å². The molecule has 2 aromatic rings. The zero-order valence-electron chi connectivity index (χ0n) is 12.6. The molecule has 5 heteroatoms. The minimum atomic E-state index is -0.174. The number of rotatable bonds is 6. The van der Waals surface area contributed by atoms with E-state index in [1.807, 2.05) is 38.1 Å². The Morgan fingerprint density at radius 1 is 1.24 bits per heavy atom. The lowest BCUT2D eigenvalue weighted by Gasteiger charge is -2.18. The SMILES string of the molecule is CCOc1cncc(C(NN)c2ccc(C)c(OC)c2)c1. The molecule has 0 fully saturated rings. The first-order chi connectivity index (χ1) is 10.2. The van der Waals surface area contributed by atoms with Gasteiger partial charge in [0.2, 0.25) is 0 Å². The van der Waals surface area contributed by atoms with Crippen LogP contribution in [-0.4, -0.2) is 18.7 Å². The number of aryl methyl sites for hydroxylation is 1. The van der Waals surface area contributed by atoms with Crippen molar-refractivity contribution in [2.45, 2.75) is 19.9 Å². The Balaban J connectivity index is 2.37. The number of nitrogens with two attached hydrogens (primary N) is 1. The molecule has 0 aliphatic rings. The molecule has 0 aliphatic carbocycles. The minimum absolute atomic E-state index is 0.174. The van der Waals surface area contributed by atoms with Crippen LogP contribution in [0.4, 0.5) is 0 Å². The Morgan fingerprint density at radius 3 is 2.71 bits per heavy atom. The van der Waals surface area contributed by atoms with Gasteiger partial charge in [-0.15, -0.1) is 0 Å². The lowest BCUT2D eigenvalue weighted by molar-refractivity contribution is 0.338. The fourth-order valence-corrected chi connectivity index (χ4v) is 2.24. The van der Waals surface area contributed by atoms with Crippen molar-refractivity contribution < 1.29 is 9.47 Å². The molecule has 1 atom stereocenters. The second kappa shape index (κ2) is 7.06. The molecule has 1 aromatic carbocycles. The summed E-state index contributed by atoms with van der Waals surface area (Å²) in [5, 5.41) is 0. The van der Waals surface area contributed by atoms with Crippen molar-refractivity contribution in [1.82, 2.24) is 10.4 Å². The maximum atomic E-state index is 5.73. The zero-order valence-corrected chi connectivity index (χ0v) is 12.6. The van der Waals surface area contributed by atoms with Gasteiger partial charge in [0.05, 0.1) is 26.0 Å². The number of aromatic nitrogens is 1. The van der Waals surface area contributed by atoms with E-state index >= 15 is 0 Å². The molecule has 2 rings (SSSR count). The fraction of sp³-hybridized carbons (Fsp3) is 0.312. The number of hydrogen-bond donors (Lipinski definition) is 2. The Hall–Kier alpha value is -2.11.